The topological polar surface area (TPSA) is 17.1 Å². The predicted molar refractivity (Wildman–Crippen MR) is 22.1 cm³/mol. The molecule has 1 nitrogen and oxygen atoms in total. The monoisotopic (exact) mass is 73.1 g/mol. The predicted octanol–water partition coefficient (Wildman–Crippen LogP) is 1.10. The first kappa shape index (κ1) is 4.67. The molecule has 0 aliphatic carbocycles. The summed E-state index contributed by atoms with van der Waals surface area (Å²) in [5.74, 6) is 0.255. The van der Waals surface area contributed by atoms with Gasteiger partial charge in [0.1, 0.15) is 5.78 Å². The minimum absolute atomic E-state index is 0. The van der Waals surface area contributed by atoms with Crippen LogP contribution in [0.25, 0.3) is 0 Å². The highest BCUT2D eigenvalue weighted by atomic mass is 16.1. The minimum atomic E-state index is 0. The van der Waals surface area contributed by atoms with E-state index in [1.165, 1.54) is 0 Å². The van der Waals surface area contributed by atoms with Crippen molar-refractivity contribution in [3.63, 3.8) is 0 Å². The fraction of sp³-hybridized carbons (Fsp3) is 0.750. The van der Waals surface area contributed by atoms with E-state index in [1.54, 1.807) is 6.92 Å². The number of ketones is 1. The van der Waals surface area contributed by atoms with Crippen molar-refractivity contribution in [2.75, 3.05) is 0 Å². The van der Waals surface area contributed by atoms with Gasteiger partial charge in [0.2, 0.25) is 0 Å². The standard InChI is InChI=1S/C4H8O.H/c1-3-4(2)5;/h3H2,1-2H3;. The second-order valence-corrected chi connectivity index (χ2v) is 1.06. The zero-order valence-corrected chi connectivity index (χ0v) is 3.62. The Balaban J connectivity index is 0. The summed E-state index contributed by atoms with van der Waals surface area (Å²) < 4.78 is 0. The Hall–Kier alpha value is -0.330. The molecule has 0 saturated heterocycles. The van der Waals surface area contributed by atoms with E-state index in [9.17, 15) is 4.79 Å². The molecule has 0 atom stereocenters. The van der Waals surface area contributed by atoms with Gasteiger partial charge in [-0.2, -0.15) is 0 Å². The Morgan fingerprint density at radius 1 is 2.00 bits per heavy atom. The van der Waals surface area contributed by atoms with Crippen LogP contribution in [0.3, 0.4) is 0 Å². The highest BCUT2D eigenvalue weighted by Gasteiger charge is 1.76. The van der Waals surface area contributed by atoms with Crippen LogP contribution in [0.1, 0.15) is 21.7 Å². The van der Waals surface area contributed by atoms with Gasteiger partial charge in [0.15, 0.2) is 0 Å². The summed E-state index contributed by atoms with van der Waals surface area (Å²) in [6.45, 7) is 3.43. The van der Waals surface area contributed by atoms with E-state index in [0.29, 0.717) is 6.42 Å². The zero-order valence-electron chi connectivity index (χ0n) is 4.62. The lowest BCUT2D eigenvalue weighted by Crippen LogP contribution is -1.80. The van der Waals surface area contributed by atoms with Crippen LogP contribution in [0.15, 0.2) is 0 Å². The Morgan fingerprint density at radius 2 is 2.20 bits per heavy atom. The van der Waals surface area contributed by atoms with Gasteiger partial charge < -0.3 is 4.79 Å². The summed E-state index contributed by atoms with van der Waals surface area (Å²) in [5, 5.41) is 0. The van der Waals surface area contributed by atoms with Crippen molar-refractivity contribution in [1.29, 1.82) is 0 Å². The van der Waals surface area contributed by atoms with E-state index in [2.05, 4.69) is 0 Å². The van der Waals surface area contributed by atoms with Gasteiger partial charge in [0.05, 0.1) is 0 Å². The van der Waals surface area contributed by atoms with Gasteiger partial charge in [-0.05, 0) is 6.92 Å². The maximum Gasteiger partial charge on any atom is 0.129 e. The van der Waals surface area contributed by atoms with Crippen molar-refractivity contribution in [1.82, 2.24) is 0 Å². The minimum Gasteiger partial charge on any atom is -0.300 e. The molecule has 1 radical (unpaired) electrons. The highest BCUT2D eigenvalue weighted by Crippen LogP contribution is 1.71. The summed E-state index contributed by atoms with van der Waals surface area (Å²) in [7, 11) is 0. The molecule has 0 fully saturated rings. The summed E-state index contributed by atoms with van der Waals surface area (Å²) >= 11 is 0. The Kier molecular flexibility index (Phi) is 1.81. The van der Waals surface area contributed by atoms with Crippen molar-refractivity contribution >= 4 is 5.78 Å². The van der Waals surface area contributed by atoms with Crippen molar-refractivity contribution in [2.45, 2.75) is 20.3 Å². The van der Waals surface area contributed by atoms with Gasteiger partial charge >= 0.3 is 0 Å². The smallest absolute Gasteiger partial charge is 0.129 e. The second-order valence-electron chi connectivity index (χ2n) is 1.06. The maximum absolute atomic E-state index is 9.81. The summed E-state index contributed by atoms with van der Waals surface area (Å²) in [6, 6.07) is 0. The molecule has 0 rings (SSSR count). The molecule has 0 aliphatic heterocycles. The summed E-state index contributed by atoms with van der Waals surface area (Å²) in [6.07, 6.45) is 0.667. The normalized spacial score (nSPS) is 7.60. The van der Waals surface area contributed by atoms with Crippen LogP contribution in [0.5, 0.6) is 0 Å². The molecule has 0 aromatic heterocycles. The molecule has 0 spiro atoms. The zero-order chi connectivity index (χ0) is 4.28. The molecule has 0 unspecified atom stereocenters. The number of carbonyl (C=O) groups excluding carboxylic acids is 1. The Labute approximate surface area is 33.5 Å². The van der Waals surface area contributed by atoms with Crippen LogP contribution in [-0.2, 0) is 4.79 Å². The fourth-order valence-corrected chi connectivity index (χ4v) is 0. The SMILES string of the molecule is CCC(C)=O.[H]. The molecule has 0 saturated carbocycles. The third kappa shape index (κ3) is 3.67. The molecule has 0 aromatic carbocycles. The van der Waals surface area contributed by atoms with Crippen LogP contribution in [0, 0.1) is 0 Å². The number of rotatable bonds is 1. The maximum atomic E-state index is 9.81. The van der Waals surface area contributed by atoms with Gasteiger partial charge in [0, 0.05) is 7.85 Å². The average Bonchev–Trinajstić information content (AvgIpc) is 1.38. The quantitative estimate of drug-likeness (QED) is 0.454. The van der Waals surface area contributed by atoms with Gasteiger partial charge in [-0.15, -0.1) is 0 Å². The third-order valence-electron chi connectivity index (χ3n) is 0.498. The molecule has 0 N–H and O–H groups in total. The Morgan fingerprint density at radius 3 is 2.20 bits per heavy atom. The molecular weight excluding hydrogens is 64.0 g/mol. The lowest BCUT2D eigenvalue weighted by molar-refractivity contribution is -0.116. The van der Waals surface area contributed by atoms with Crippen LogP contribution in [0.2, 0.25) is 0 Å². The molecular formula is C4H9O. The van der Waals surface area contributed by atoms with Gasteiger partial charge in [-0.1, -0.05) is 6.92 Å². The highest BCUT2D eigenvalue weighted by molar-refractivity contribution is 5.74. The van der Waals surface area contributed by atoms with Crippen molar-refractivity contribution in [3.8, 4) is 0 Å². The van der Waals surface area contributed by atoms with E-state index < -0.39 is 0 Å². The van der Waals surface area contributed by atoms with E-state index >= 15 is 0 Å². The van der Waals surface area contributed by atoms with E-state index in [-0.39, 0.29) is 7.21 Å². The van der Waals surface area contributed by atoms with E-state index in [0.717, 1.165) is 0 Å². The molecule has 0 aromatic rings. The first-order valence-electron chi connectivity index (χ1n) is 1.76. The number of hydrogen-bond donors (Lipinski definition) is 0. The number of Topliss-reactive ketones (excluding diaryl/α,β-unsaturated/α-hetero) is 1. The summed E-state index contributed by atoms with van der Waals surface area (Å²) in [4.78, 5) is 9.81. The molecule has 31 valence electrons. The molecule has 0 bridgehead atoms. The third-order valence-corrected chi connectivity index (χ3v) is 0.498. The van der Waals surface area contributed by atoms with Crippen LogP contribution < -0.4 is 0 Å². The molecule has 0 amide bonds. The number of hydrogen-bond acceptors (Lipinski definition) is 1. The molecule has 0 heterocycles. The van der Waals surface area contributed by atoms with Crippen molar-refractivity contribution < 1.29 is 6.22 Å². The van der Waals surface area contributed by atoms with E-state index in [4.69, 9.17) is 0 Å². The molecule has 5 heavy (non-hydrogen) atoms. The lowest BCUT2D eigenvalue weighted by Gasteiger charge is -1.71. The van der Waals surface area contributed by atoms with Crippen LogP contribution in [-0.4, -0.2) is 5.78 Å². The van der Waals surface area contributed by atoms with Gasteiger partial charge in [-0.25, -0.2) is 0 Å². The van der Waals surface area contributed by atoms with Crippen LogP contribution >= 0.6 is 0 Å². The Bertz CT molecular complexity index is 42.8. The fourth-order valence-electron chi connectivity index (χ4n) is 0. The van der Waals surface area contributed by atoms with Gasteiger partial charge in [0.25, 0.3) is 0 Å². The van der Waals surface area contributed by atoms with Crippen LogP contribution in [0.4, 0.5) is 0 Å². The first-order chi connectivity index (χ1) is 2.27. The summed E-state index contributed by atoms with van der Waals surface area (Å²) in [5.41, 5.74) is 0. The van der Waals surface area contributed by atoms with Gasteiger partial charge in [-0.3, -0.25) is 0 Å². The molecule has 1 heteroatoms. The number of carbonyl (C=O) groups is 1. The van der Waals surface area contributed by atoms with Crippen molar-refractivity contribution in [3.05, 3.63) is 0 Å². The molecule has 0 aliphatic rings. The first-order valence-corrected chi connectivity index (χ1v) is 1.76. The second kappa shape index (κ2) is 1.94. The van der Waals surface area contributed by atoms with E-state index in [1.807, 2.05) is 6.92 Å². The average molecular weight is 73.1 g/mol. The lowest BCUT2D eigenvalue weighted by atomic mass is 10.4. The largest absolute Gasteiger partial charge is 0.300 e. The van der Waals surface area contributed by atoms with Crippen molar-refractivity contribution in [2.24, 2.45) is 0 Å².